The van der Waals surface area contributed by atoms with Crippen molar-refractivity contribution in [2.24, 2.45) is 0 Å². The third-order valence-corrected chi connectivity index (χ3v) is 5.06. The number of carbonyl (C=O) groups excluding carboxylic acids is 2. The van der Waals surface area contributed by atoms with Crippen LogP contribution < -0.4 is 11.1 Å². The molecule has 1 saturated heterocycles. The summed E-state index contributed by atoms with van der Waals surface area (Å²) in [7, 11) is 1.64. The van der Waals surface area contributed by atoms with E-state index in [1.807, 2.05) is 4.57 Å². The molecule has 9 heteroatoms. The number of nitrogens with zero attached hydrogens (tertiary/aromatic N) is 4. The molecular formula is C21H24N6O3. The first-order valence-electron chi connectivity index (χ1n) is 9.89. The third kappa shape index (κ3) is 3.97. The lowest BCUT2D eigenvalue weighted by molar-refractivity contribution is 0.0646. The summed E-state index contributed by atoms with van der Waals surface area (Å²) >= 11 is 0. The van der Waals surface area contributed by atoms with E-state index in [-0.39, 0.29) is 11.8 Å². The predicted molar refractivity (Wildman–Crippen MR) is 113 cm³/mol. The Bertz CT molecular complexity index is 1090. The fourth-order valence-corrected chi connectivity index (χ4v) is 3.33. The fraction of sp³-hybridized carbons (Fsp3) is 0.333. The molecule has 9 nitrogen and oxygen atoms in total. The first-order valence-corrected chi connectivity index (χ1v) is 9.89. The van der Waals surface area contributed by atoms with Gasteiger partial charge in [0.05, 0.1) is 0 Å². The van der Waals surface area contributed by atoms with Crippen molar-refractivity contribution < 1.29 is 14.3 Å². The highest BCUT2D eigenvalue weighted by Gasteiger charge is 2.24. The first-order chi connectivity index (χ1) is 14.6. The van der Waals surface area contributed by atoms with Gasteiger partial charge in [-0.05, 0) is 43.2 Å². The van der Waals surface area contributed by atoms with Gasteiger partial charge in [-0.2, -0.15) is 0 Å². The average molecular weight is 408 g/mol. The zero-order chi connectivity index (χ0) is 21.1. The molecule has 1 fully saturated rings. The van der Waals surface area contributed by atoms with Crippen LogP contribution in [0.5, 0.6) is 0 Å². The van der Waals surface area contributed by atoms with E-state index in [0.717, 1.165) is 19.5 Å². The summed E-state index contributed by atoms with van der Waals surface area (Å²) in [5.74, 6) is -0.0322. The normalized spacial score (nSPS) is 13.3. The lowest BCUT2D eigenvalue weighted by Crippen LogP contribution is -2.42. The molecule has 0 spiro atoms. The smallest absolute Gasteiger partial charge is 0.272 e. The molecule has 0 radical (unpaired) electrons. The summed E-state index contributed by atoms with van der Waals surface area (Å²) in [5, 5.41) is 2.85. The number of nitrogens with two attached hydrogens (primary N) is 1. The van der Waals surface area contributed by atoms with Crippen LogP contribution in [-0.2, 0) is 11.3 Å². The van der Waals surface area contributed by atoms with Crippen molar-refractivity contribution in [3.63, 3.8) is 0 Å². The molecule has 156 valence electrons. The number of nitrogen functional groups attached to an aromatic ring is 1. The molecule has 3 aromatic rings. The van der Waals surface area contributed by atoms with E-state index in [2.05, 4.69) is 15.3 Å². The van der Waals surface area contributed by atoms with Crippen molar-refractivity contribution in [3.8, 4) is 0 Å². The van der Waals surface area contributed by atoms with E-state index in [9.17, 15) is 9.59 Å². The Hall–Kier alpha value is -3.46. The molecule has 0 unspecified atom stereocenters. The number of aromatic nitrogens is 3. The molecule has 3 N–H and O–H groups in total. The predicted octanol–water partition coefficient (Wildman–Crippen LogP) is 2.15. The van der Waals surface area contributed by atoms with E-state index in [4.69, 9.17) is 10.5 Å². The quantitative estimate of drug-likeness (QED) is 0.457. The van der Waals surface area contributed by atoms with Crippen LogP contribution in [0.2, 0.25) is 0 Å². The molecule has 1 aliphatic rings. The SMILES string of the molecule is COCCCn1c(NC(=O)c2cccc(N)c2)nc2ccc(C(=O)N3CCC3)nc21. The Morgan fingerprint density at radius 2 is 2.03 bits per heavy atom. The van der Waals surface area contributed by atoms with Crippen LogP contribution in [0.1, 0.15) is 33.7 Å². The molecule has 0 aliphatic carbocycles. The average Bonchev–Trinajstić information content (AvgIpc) is 3.03. The maximum absolute atomic E-state index is 12.7. The van der Waals surface area contributed by atoms with Crippen molar-refractivity contribution in [3.05, 3.63) is 47.7 Å². The minimum absolute atomic E-state index is 0.0851. The molecule has 1 aliphatic heterocycles. The first kappa shape index (κ1) is 19.8. The van der Waals surface area contributed by atoms with Gasteiger partial charge in [0.2, 0.25) is 5.95 Å². The Kier molecular flexibility index (Phi) is 5.62. The molecule has 0 atom stereocenters. The van der Waals surface area contributed by atoms with Crippen molar-refractivity contribution in [1.82, 2.24) is 19.4 Å². The number of pyridine rings is 1. The number of methoxy groups -OCH3 is 1. The second-order valence-corrected chi connectivity index (χ2v) is 7.20. The standard InChI is InChI=1S/C21H24N6O3/c1-30-12-4-11-27-18-16(7-8-17(23-18)20(29)26-9-3-10-26)24-21(27)25-19(28)14-5-2-6-15(22)13-14/h2,5-8,13H,3-4,9-12,22H2,1H3,(H,24,25,28). The molecule has 0 saturated carbocycles. The fourth-order valence-electron chi connectivity index (χ4n) is 3.33. The number of aryl methyl sites for hydroxylation is 1. The Morgan fingerprint density at radius 1 is 1.20 bits per heavy atom. The minimum atomic E-state index is -0.317. The minimum Gasteiger partial charge on any atom is -0.399 e. The number of carbonyl (C=O) groups is 2. The van der Waals surface area contributed by atoms with E-state index >= 15 is 0 Å². The zero-order valence-corrected chi connectivity index (χ0v) is 16.8. The number of likely N-dealkylation sites (tertiary alicyclic amines) is 1. The molecule has 0 bridgehead atoms. The van der Waals surface area contributed by atoms with Crippen LogP contribution in [0.3, 0.4) is 0 Å². The number of rotatable bonds is 7. The summed E-state index contributed by atoms with van der Waals surface area (Å²) < 4.78 is 6.97. The van der Waals surface area contributed by atoms with E-state index in [1.54, 1.807) is 48.4 Å². The molecule has 2 aromatic heterocycles. The second kappa shape index (κ2) is 8.50. The molecule has 1 aromatic carbocycles. The monoisotopic (exact) mass is 408 g/mol. The molecule has 2 amide bonds. The van der Waals surface area contributed by atoms with E-state index in [0.29, 0.717) is 53.6 Å². The van der Waals surface area contributed by atoms with Gasteiger partial charge in [0.15, 0.2) is 5.65 Å². The maximum atomic E-state index is 12.7. The lowest BCUT2D eigenvalue weighted by Gasteiger charge is -2.30. The highest BCUT2D eigenvalue weighted by atomic mass is 16.5. The number of imidazole rings is 1. The van der Waals surface area contributed by atoms with Gasteiger partial charge in [-0.3, -0.25) is 19.5 Å². The Morgan fingerprint density at radius 3 is 2.73 bits per heavy atom. The lowest BCUT2D eigenvalue weighted by atomic mass is 10.2. The summed E-state index contributed by atoms with van der Waals surface area (Å²) in [6, 6.07) is 10.2. The van der Waals surface area contributed by atoms with Gasteiger partial charge in [-0.1, -0.05) is 6.07 Å². The third-order valence-electron chi connectivity index (χ3n) is 5.06. The number of hydrogen-bond acceptors (Lipinski definition) is 6. The van der Waals surface area contributed by atoms with Crippen LogP contribution in [0.25, 0.3) is 11.2 Å². The molecule has 3 heterocycles. The topological polar surface area (TPSA) is 115 Å². The molecule has 30 heavy (non-hydrogen) atoms. The summed E-state index contributed by atoms with van der Waals surface area (Å²) in [5.41, 5.74) is 8.27. The number of nitrogens with one attached hydrogen (secondary N) is 1. The summed E-state index contributed by atoms with van der Waals surface area (Å²) in [4.78, 5) is 36.2. The van der Waals surface area contributed by atoms with Gasteiger partial charge >= 0.3 is 0 Å². The van der Waals surface area contributed by atoms with Crippen LogP contribution in [0.15, 0.2) is 36.4 Å². The maximum Gasteiger partial charge on any atom is 0.272 e. The van der Waals surface area contributed by atoms with Crippen molar-refractivity contribution >= 4 is 34.6 Å². The summed E-state index contributed by atoms with van der Waals surface area (Å²) in [6.07, 6.45) is 1.72. The highest BCUT2D eigenvalue weighted by Crippen LogP contribution is 2.21. The highest BCUT2D eigenvalue weighted by molar-refractivity contribution is 6.04. The van der Waals surface area contributed by atoms with Gasteiger partial charge in [0, 0.05) is 44.6 Å². The van der Waals surface area contributed by atoms with Gasteiger partial charge in [0.1, 0.15) is 11.2 Å². The van der Waals surface area contributed by atoms with Crippen LogP contribution in [-0.4, -0.2) is 58.1 Å². The van der Waals surface area contributed by atoms with Gasteiger partial charge in [-0.15, -0.1) is 0 Å². The number of ether oxygens (including phenoxy) is 1. The van der Waals surface area contributed by atoms with E-state index < -0.39 is 0 Å². The van der Waals surface area contributed by atoms with Gasteiger partial charge in [0.25, 0.3) is 11.8 Å². The zero-order valence-electron chi connectivity index (χ0n) is 16.8. The van der Waals surface area contributed by atoms with E-state index in [1.165, 1.54) is 0 Å². The van der Waals surface area contributed by atoms with Crippen LogP contribution >= 0.6 is 0 Å². The van der Waals surface area contributed by atoms with Crippen molar-refractivity contribution in [1.29, 1.82) is 0 Å². The number of hydrogen-bond donors (Lipinski definition) is 2. The largest absolute Gasteiger partial charge is 0.399 e. The number of benzene rings is 1. The number of amides is 2. The molecule has 4 rings (SSSR count). The van der Waals surface area contributed by atoms with Gasteiger partial charge < -0.3 is 15.4 Å². The second-order valence-electron chi connectivity index (χ2n) is 7.20. The van der Waals surface area contributed by atoms with Crippen molar-refractivity contribution in [2.75, 3.05) is 37.9 Å². The Balaban J connectivity index is 1.67. The molecular weight excluding hydrogens is 384 g/mol. The van der Waals surface area contributed by atoms with Crippen LogP contribution in [0.4, 0.5) is 11.6 Å². The number of anilines is 2. The van der Waals surface area contributed by atoms with Crippen molar-refractivity contribution in [2.45, 2.75) is 19.4 Å². The summed E-state index contributed by atoms with van der Waals surface area (Å²) in [6.45, 7) is 2.60. The van der Waals surface area contributed by atoms with Crippen LogP contribution in [0, 0.1) is 0 Å². The Labute approximate surface area is 173 Å². The number of fused-ring (bicyclic) bond motifs is 1. The van der Waals surface area contributed by atoms with Gasteiger partial charge in [-0.25, -0.2) is 9.97 Å².